The van der Waals surface area contributed by atoms with Gasteiger partial charge in [0.05, 0.1) is 6.61 Å². The van der Waals surface area contributed by atoms with E-state index in [9.17, 15) is 0 Å². The summed E-state index contributed by atoms with van der Waals surface area (Å²) in [6.07, 6.45) is 2.51. The number of hydrogen-bond donors (Lipinski definition) is 1. The van der Waals surface area contributed by atoms with Crippen molar-refractivity contribution in [3.63, 3.8) is 0 Å². The Hall–Kier alpha value is -0.860. The van der Waals surface area contributed by atoms with Crippen LogP contribution < -0.4 is 5.32 Å². The SMILES string of the molecule is Cc1cccc(COCC2CCNCC2)c1C. The van der Waals surface area contributed by atoms with E-state index in [1.54, 1.807) is 0 Å². The molecule has 94 valence electrons. The molecule has 0 unspecified atom stereocenters. The van der Waals surface area contributed by atoms with Crippen LogP contribution in [0.1, 0.15) is 29.5 Å². The van der Waals surface area contributed by atoms with Gasteiger partial charge in [-0.2, -0.15) is 0 Å². The Kier molecular flexibility index (Phi) is 4.57. The highest BCUT2D eigenvalue weighted by Gasteiger charge is 2.13. The third-order valence-corrected chi connectivity index (χ3v) is 3.79. The number of nitrogens with one attached hydrogen (secondary N) is 1. The van der Waals surface area contributed by atoms with Crippen LogP contribution in [-0.2, 0) is 11.3 Å². The first kappa shape index (κ1) is 12.6. The predicted molar refractivity (Wildman–Crippen MR) is 71.2 cm³/mol. The van der Waals surface area contributed by atoms with E-state index in [2.05, 4.69) is 37.4 Å². The zero-order valence-corrected chi connectivity index (χ0v) is 11.0. The van der Waals surface area contributed by atoms with E-state index < -0.39 is 0 Å². The lowest BCUT2D eigenvalue weighted by atomic mass is 9.99. The van der Waals surface area contributed by atoms with Crippen LogP contribution in [0.2, 0.25) is 0 Å². The molecule has 1 aliphatic heterocycles. The average Bonchev–Trinajstić information content (AvgIpc) is 2.36. The fraction of sp³-hybridized carbons (Fsp3) is 0.600. The maximum atomic E-state index is 5.87. The molecule has 0 aliphatic carbocycles. The van der Waals surface area contributed by atoms with E-state index in [0.29, 0.717) is 0 Å². The second-order valence-corrected chi connectivity index (χ2v) is 5.07. The molecule has 1 aromatic carbocycles. The minimum absolute atomic E-state index is 0.751. The molecule has 0 atom stereocenters. The van der Waals surface area contributed by atoms with Gasteiger partial charge in [0, 0.05) is 6.61 Å². The van der Waals surface area contributed by atoms with E-state index in [1.165, 1.54) is 29.5 Å². The first-order chi connectivity index (χ1) is 8.27. The average molecular weight is 233 g/mol. The Morgan fingerprint density at radius 2 is 2.00 bits per heavy atom. The van der Waals surface area contributed by atoms with Crippen LogP contribution in [0.25, 0.3) is 0 Å². The van der Waals surface area contributed by atoms with Crippen LogP contribution in [0.3, 0.4) is 0 Å². The quantitative estimate of drug-likeness (QED) is 0.863. The molecule has 1 aromatic rings. The molecule has 0 radical (unpaired) electrons. The molecular formula is C15H23NO. The Balaban J connectivity index is 1.79. The number of aryl methyl sites for hydroxylation is 1. The van der Waals surface area contributed by atoms with Crippen LogP contribution in [0, 0.1) is 19.8 Å². The van der Waals surface area contributed by atoms with Gasteiger partial charge in [-0.15, -0.1) is 0 Å². The van der Waals surface area contributed by atoms with Gasteiger partial charge in [-0.1, -0.05) is 18.2 Å². The van der Waals surface area contributed by atoms with Crippen molar-refractivity contribution in [1.29, 1.82) is 0 Å². The first-order valence-electron chi connectivity index (χ1n) is 6.61. The fourth-order valence-corrected chi connectivity index (χ4v) is 2.35. The number of ether oxygens (including phenoxy) is 1. The number of rotatable bonds is 4. The summed E-state index contributed by atoms with van der Waals surface area (Å²) < 4.78 is 5.87. The normalized spacial score (nSPS) is 17.3. The van der Waals surface area contributed by atoms with Crippen molar-refractivity contribution in [2.24, 2.45) is 5.92 Å². The molecule has 2 heteroatoms. The van der Waals surface area contributed by atoms with Gasteiger partial charge < -0.3 is 10.1 Å². The molecule has 2 nitrogen and oxygen atoms in total. The topological polar surface area (TPSA) is 21.3 Å². The minimum Gasteiger partial charge on any atom is -0.376 e. The van der Waals surface area contributed by atoms with E-state index in [-0.39, 0.29) is 0 Å². The molecule has 1 fully saturated rings. The molecule has 0 saturated carbocycles. The Bertz CT molecular complexity index is 356. The van der Waals surface area contributed by atoms with Gasteiger partial charge >= 0.3 is 0 Å². The summed E-state index contributed by atoms with van der Waals surface area (Å²) in [6, 6.07) is 6.45. The second-order valence-electron chi connectivity index (χ2n) is 5.07. The molecule has 0 aromatic heterocycles. The summed E-state index contributed by atoms with van der Waals surface area (Å²) in [5.74, 6) is 0.751. The number of hydrogen-bond acceptors (Lipinski definition) is 2. The molecule has 0 bridgehead atoms. The Morgan fingerprint density at radius 1 is 1.24 bits per heavy atom. The zero-order valence-electron chi connectivity index (χ0n) is 11.0. The third kappa shape index (κ3) is 3.55. The smallest absolute Gasteiger partial charge is 0.0719 e. The number of benzene rings is 1. The predicted octanol–water partition coefficient (Wildman–Crippen LogP) is 2.82. The minimum atomic E-state index is 0.751. The molecule has 1 heterocycles. The lowest BCUT2D eigenvalue weighted by molar-refractivity contribution is 0.0760. The van der Waals surface area contributed by atoms with Crippen molar-refractivity contribution < 1.29 is 4.74 Å². The highest BCUT2D eigenvalue weighted by atomic mass is 16.5. The van der Waals surface area contributed by atoms with Crippen molar-refractivity contribution in [1.82, 2.24) is 5.32 Å². The zero-order chi connectivity index (χ0) is 12.1. The molecule has 1 saturated heterocycles. The lowest BCUT2D eigenvalue weighted by Crippen LogP contribution is -2.29. The van der Waals surface area contributed by atoms with Gasteiger partial charge in [0.25, 0.3) is 0 Å². The van der Waals surface area contributed by atoms with E-state index in [4.69, 9.17) is 4.74 Å². The van der Waals surface area contributed by atoms with Gasteiger partial charge in [-0.05, 0) is 62.4 Å². The van der Waals surface area contributed by atoms with Crippen molar-refractivity contribution in [3.8, 4) is 0 Å². The Morgan fingerprint density at radius 3 is 2.76 bits per heavy atom. The standard InChI is InChI=1S/C15H23NO/c1-12-4-3-5-15(13(12)2)11-17-10-14-6-8-16-9-7-14/h3-5,14,16H,6-11H2,1-2H3. The van der Waals surface area contributed by atoms with Gasteiger partial charge in [0.2, 0.25) is 0 Å². The van der Waals surface area contributed by atoms with E-state index >= 15 is 0 Å². The summed E-state index contributed by atoms with van der Waals surface area (Å²) >= 11 is 0. The van der Waals surface area contributed by atoms with Crippen molar-refractivity contribution >= 4 is 0 Å². The molecular weight excluding hydrogens is 210 g/mol. The van der Waals surface area contributed by atoms with Crippen LogP contribution in [0.5, 0.6) is 0 Å². The summed E-state index contributed by atoms with van der Waals surface area (Å²) in [4.78, 5) is 0. The molecule has 2 rings (SSSR count). The first-order valence-corrected chi connectivity index (χ1v) is 6.61. The van der Waals surface area contributed by atoms with E-state index in [0.717, 1.165) is 32.2 Å². The molecule has 1 aliphatic rings. The summed E-state index contributed by atoms with van der Waals surface area (Å²) in [7, 11) is 0. The van der Waals surface area contributed by atoms with Crippen LogP contribution in [0.4, 0.5) is 0 Å². The molecule has 1 N–H and O–H groups in total. The summed E-state index contributed by atoms with van der Waals surface area (Å²) in [5, 5.41) is 3.38. The van der Waals surface area contributed by atoms with Crippen molar-refractivity contribution in [2.45, 2.75) is 33.3 Å². The maximum Gasteiger partial charge on any atom is 0.0719 e. The van der Waals surface area contributed by atoms with Crippen molar-refractivity contribution in [2.75, 3.05) is 19.7 Å². The lowest BCUT2D eigenvalue weighted by Gasteiger charge is -2.22. The van der Waals surface area contributed by atoms with Crippen LogP contribution >= 0.6 is 0 Å². The highest BCUT2D eigenvalue weighted by molar-refractivity contribution is 5.32. The molecule has 0 spiro atoms. The monoisotopic (exact) mass is 233 g/mol. The summed E-state index contributed by atoms with van der Waals surface area (Å²) in [5.41, 5.74) is 4.06. The van der Waals surface area contributed by atoms with Crippen LogP contribution in [-0.4, -0.2) is 19.7 Å². The molecule has 17 heavy (non-hydrogen) atoms. The fourth-order valence-electron chi connectivity index (χ4n) is 2.35. The van der Waals surface area contributed by atoms with Crippen molar-refractivity contribution in [3.05, 3.63) is 34.9 Å². The van der Waals surface area contributed by atoms with Gasteiger partial charge in [-0.25, -0.2) is 0 Å². The Labute approximate surface area is 104 Å². The third-order valence-electron chi connectivity index (χ3n) is 3.79. The largest absolute Gasteiger partial charge is 0.376 e. The van der Waals surface area contributed by atoms with Gasteiger partial charge in [0.1, 0.15) is 0 Å². The van der Waals surface area contributed by atoms with Gasteiger partial charge in [-0.3, -0.25) is 0 Å². The molecule has 0 amide bonds. The maximum absolute atomic E-state index is 5.87. The summed E-state index contributed by atoms with van der Waals surface area (Å²) in [6.45, 7) is 8.31. The van der Waals surface area contributed by atoms with E-state index in [1.807, 2.05) is 0 Å². The highest BCUT2D eigenvalue weighted by Crippen LogP contribution is 2.16. The number of piperidine rings is 1. The van der Waals surface area contributed by atoms with Crippen LogP contribution in [0.15, 0.2) is 18.2 Å². The van der Waals surface area contributed by atoms with Gasteiger partial charge in [0.15, 0.2) is 0 Å². The second kappa shape index (κ2) is 6.18.